The fourth-order valence-corrected chi connectivity index (χ4v) is 5.05. The fraction of sp³-hybridized carbons (Fsp3) is 0.125. The maximum Gasteiger partial charge on any atom is 0.339 e. The maximum atomic E-state index is 11.1. The minimum absolute atomic E-state index is 0.208. The molecule has 118 valence electrons. The Morgan fingerprint density at radius 3 is 2.78 bits per heavy atom. The van der Waals surface area contributed by atoms with Crippen molar-refractivity contribution < 1.29 is 15.0 Å². The van der Waals surface area contributed by atoms with Crippen LogP contribution in [0.15, 0.2) is 40.2 Å². The highest BCUT2D eigenvalue weighted by atomic mass is 32.2. The van der Waals surface area contributed by atoms with Crippen molar-refractivity contribution >= 4 is 57.8 Å². The number of nitrogen functional groups attached to an aromatic ring is 1. The van der Waals surface area contributed by atoms with Crippen LogP contribution in [0.2, 0.25) is 0 Å². The lowest BCUT2D eigenvalue weighted by atomic mass is 9.90. The van der Waals surface area contributed by atoms with Gasteiger partial charge in [-0.15, -0.1) is 23.5 Å². The highest BCUT2D eigenvalue weighted by molar-refractivity contribution is 8.22. The molecule has 4 N–H and O–H groups in total. The van der Waals surface area contributed by atoms with E-state index >= 15 is 0 Å². The Balaban J connectivity index is 2.20. The number of phenols is 1. The average molecular weight is 363 g/mol. The van der Waals surface area contributed by atoms with Gasteiger partial charge in [-0.25, -0.2) is 4.79 Å². The number of nitrogens with two attached hydrogens (primary N) is 1. The number of carboxylic acids is 1. The molecule has 2 aliphatic rings. The van der Waals surface area contributed by atoms with Gasteiger partial charge < -0.3 is 15.9 Å². The molecule has 23 heavy (non-hydrogen) atoms. The lowest BCUT2D eigenvalue weighted by molar-refractivity contribution is 0.0694. The molecule has 0 saturated heterocycles. The summed E-state index contributed by atoms with van der Waals surface area (Å²) in [5.74, 6) is -1.52. The monoisotopic (exact) mass is 363 g/mol. The van der Waals surface area contributed by atoms with Crippen LogP contribution in [0.5, 0.6) is 5.75 Å². The highest BCUT2D eigenvalue weighted by Gasteiger charge is 2.24. The summed E-state index contributed by atoms with van der Waals surface area (Å²) in [6, 6.07) is 2.69. The molecular formula is C16H13NO3S3. The molecule has 0 radical (unpaired) electrons. The number of thiocarbonyl (C=S) groups is 1. The largest absolute Gasteiger partial charge is 0.507 e. The Bertz CT molecular complexity index is 809. The van der Waals surface area contributed by atoms with Crippen molar-refractivity contribution in [3.63, 3.8) is 0 Å². The van der Waals surface area contributed by atoms with Gasteiger partial charge >= 0.3 is 5.97 Å². The Morgan fingerprint density at radius 2 is 2.13 bits per heavy atom. The summed E-state index contributed by atoms with van der Waals surface area (Å²) in [5, 5.41) is 22.1. The number of hydrogen-bond acceptors (Lipinski definition) is 6. The quantitative estimate of drug-likeness (QED) is 0.425. The van der Waals surface area contributed by atoms with Crippen molar-refractivity contribution in [3.8, 4) is 5.75 Å². The van der Waals surface area contributed by atoms with Crippen LogP contribution in [-0.4, -0.2) is 26.1 Å². The van der Waals surface area contributed by atoms with Crippen molar-refractivity contribution in [2.75, 3.05) is 10.8 Å². The molecule has 0 saturated carbocycles. The average Bonchev–Trinajstić information content (AvgIpc) is 3.02. The molecule has 0 fully saturated rings. The van der Waals surface area contributed by atoms with Gasteiger partial charge in [0, 0.05) is 38.1 Å². The molecule has 0 atom stereocenters. The minimum Gasteiger partial charge on any atom is -0.507 e. The molecule has 1 aromatic rings. The summed E-state index contributed by atoms with van der Waals surface area (Å²) in [4.78, 5) is 13.0. The summed E-state index contributed by atoms with van der Waals surface area (Å²) in [5.41, 5.74) is 8.52. The van der Waals surface area contributed by atoms with Crippen molar-refractivity contribution in [1.82, 2.24) is 0 Å². The molecule has 0 amide bonds. The zero-order valence-electron chi connectivity index (χ0n) is 11.9. The Labute approximate surface area is 147 Å². The highest BCUT2D eigenvalue weighted by Crippen LogP contribution is 2.44. The number of aromatic hydroxyl groups is 1. The van der Waals surface area contributed by atoms with Gasteiger partial charge in [0.15, 0.2) is 0 Å². The second-order valence-corrected chi connectivity index (χ2v) is 7.72. The zero-order valence-corrected chi connectivity index (χ0v) is 14.4. The van der Waals surface area contributed by atoms with Gasteiger partial charge in [0.05, 0.1) is 0 Å². The number of allylic oxidation sites excluding steroid dienone is 4. The SMILES string of the molecule is Nc1cc(C(=O)O)c(O)cc1C1=C(C2=CSCS2)C(=S)CC=C1. The predicted octanol–water partition coefficient (Wildman–Crippen LogP) is 4.03. The van der Waals surface area contributed by atoms with E-state index in [2.05, 4.69) is 5.41 Å². The standard InChI is InChI=1S/C16H13NO3S3/c17-11-4-10(16(19)20)12(18)5-9(11)8-2-1-3-13(21)15(8)14-6-22-7-23-14/h1-2,4-6,18H,3,7,17H2,(H,19,20). The summed E-state index contributed by atoms with van der Waals surface area (Å²) < 4.78 is 0. The van der Waals surface area contributed by atoms with Gasteiger partial charge in [0.25, 0.3) is 0 Å². The molecule has 1 aliphatic heterocycles. The maximum absolute atomic E-state index is 11.1. The lowest BCUT2D eigenvalue weighted by Crippen LogP contribution is -2.08. The third-order valence-corrected chi connectivity index (χ3v) is 6.11. The van der Waals surface area contributed by atoms with Crippen LogP contribution in [0.25, 0.3) is 5.57 Å². The molecule has 1 aliphatic carbocycles. The van der Waals surface area contributed by atoms with Crippen LogP contribution < -0.4 is 5.73 Å². The number of rotatable bonds is 3. The molecule has 7 heteroatoms. The Morgan fingerprint density at radius 1 is 1.35 bits per heavy atom. The van der Waals surface area contributed by atoms with E-state index in [-0.39, 0.29) is 11.3 Å². The number of hydrogen-bond donors (Lipinski definition) is 3. The molecule has 3 rings (SSSR count). The minimum atomic E-state index is -1.21. The second kappa shape index (κ2) is 6.43. The van der Waals surface area contributed by atoms with Crippen molar-refractivity contribution in [2.24, 2.45) is 0 Å². The Hall–Kier alpha value is -1.70. The molecular weight excluding hydrogens is 350 g/mol. The van der Waals surface area contributed by atoms with E-state index in [4.69, 9.17) is 23.1 Å². The van der Waals surface area contributed by atoms with Gasteiger partial charge in [0.2, 0.25) is 0 Å². The zero-order chi connectivity index (χ0) is 16.6. The van der Waals surface area contributed by atoms with Gasteiger partial charge in [-0.2, -0.15) is 0 Å². The normalized spacial score (nSPS) is 17.6. The van der Waals surface area contributed by atoms with E-state index in [0.29, 0.717) is 17.7 Å². The lowest BCUT2D eigenvalue weighted by Gasteiger charge is -2.19. The van der Waals surface area contributed by atoms with Crippen molar-refractivity contribution in [3.05, 3.63) is 51.3 Å². The number of thioether (sulfide) groups is 2. The molecule has 0 aromatic heterocycles. The number of carboxylic acid groups (broad SMARTS) is 1. The van der Waals surface area contributed by atoms with E-state index in [1.807, 2.05) is 12.2 Å². The number of anilines is 1. The smallest absolute Gasteiger partial charge is 0.339 e. The van der Waals surface area contributed by atoms with Crippen LogP contribution >= 0.6 is 35.7 Å². The first-order valence-electron chi connectivity index (χ1n) is 6.74. The van der Waals surface area contributed by atoms with Gasteiger partial charge in [-0.05, 0) is 23.1 Å². The number of benzene rings is 1. The molecule has 0 bridgehead atoms. The summed E-state index contributed by atoms with van der Waals surface area (Å²) in [7, 11) is 0. The van der Waals surface area contributed by atoms with Gasteiger partial charge in [0.1, 0.15) is 11.3 Å². The van der Waals surface area contributed by atoms with Crippen LogP contribution in [0.4, 0.5) is 5.69 Å². The van der Waals surface area contributed by atoms with Crippen LogP contribution in [-0.2, 0) is 0 Å². The second-order valence-electron chi connectivity index (χ2n) is 4.99. The molecule has 1 aromatic carbocycles. The summed E-state index contributed by atoms with van der Waals surface area (Å²) >= 11 is 8.94. The van der Waals surface area contributed by atoms with E-state index in [1.165, 1.54) is 12.1 Å². The van der Waals surface area contributed by atoms with E-state index in [0.717, 1.165) is 26.0 Å². The third-order valence-electron chi connectivity index (χ3n) is 3.54. The first-order chi connectivity index (χ1) is 11.0. The molecule has 0 unspecified atom stereocenters. The first kappa shape index (κ1) is 16.2. The number of aromatic carboxylic acids is 1. The van der Waals surface area contributed by atoms with E-state index < -0.39 is 5.97 Å². The van der Waals surface area contributed by atoms with Gasteiger partial charge in [-0.1, -0.05) is 24.4 Å². The van der Waals surface area contributed by atoms with Crippen molar-refractivity contribution in [2.45, 2.75) is 6.42 Å². The first-order valence-corrected chi connectivity index (χ1v) is 9.18. The topological polar surface area (TPSA) is 83.6 Å². The van der Waals surface area contributed by atoms with Crippen molar-refractivity contribution in [1.29, 1.82) is 0 Å². The molecule has 1 heterocycles. The third kappa shape index (κ3) is 3.04. The van der Waals surface area contributed by atoms with Crippen LogP contribution in [0.3, 0.4) is 0 Å². The Kier molecular flexibility index (Phi) is 4.52. The van der Waals surface area contributed by atoms with Crippen LogP contribution in [0, 0.1) is 0 Å². The molecule has 0 spiro atoms. The predicted molar refractivity (Wildman–Crippen MR) is 101 cm³/mol. The van der Waals surface area contributed by atoms with E-state index in [9.17, 15) is 9.90 Å². The van der Waals surface area contributed by atoms with Crippen LogP contribution in [0.1, 0.15) is 22.3 Å². The summed E-state index contributed by atoms with van der Waals surface area (Å²) in [6.45, 7) is 0. The molecule has 4 nitrogen and oxygen atoms in total. The fourth-order valence-electron chi connectivity index (χ4n) is 2.50. The summed E-state index contributed by atoms with van der Waals surface area (Å²) in [6.07, 6.45) is 4.58. The van der Waals surface area contributed by atoms with Gasteiger partial charge in [-0.3, -0.25) is 0 Å². The number of carbonyl (C=O) groups is 1. The van der Waals surface area contributed by atoms with E-state index in [1.54, 1.807) is 23.5 Å².